The van der Waals surface area contributed by atoms with Gasteiger partial charge in [-0.1, -0.05) is 29.8 Å². The minimum Gasteiger partial charge on any atom is -0.430 e. The van der Waals surface area contributed by atoms with E-state index in [9.17, 15) is 14.4 Å². The Labute approximate surface area is 117 Å². The molecule has 0 bridgehead atoms. The summed E-state index contributed by atoms with van der Waals surface area (Å²) in [5, 5.41) is 0. The molecule has 1 aliphatic heterocycles. The minimum atomic E-state index is -1.29. The van der Waals surface area contributed by atoms with Gasteiger partial charge in [0, 0.05) is 12.5 Å². The zero-order chi connectivity index (χ0) is 14.7. The van der Waals surface area contributed by atoms with E-state index >= 15 is 0 Å². The summed E-state index contributed by atoms with van der Waals surface area (Å²) in [4.78, 5) is 35.3. The highest BCUT2D eigenvalue weighted by molar-refractivity contribution is 6.22. The van der Waals surface area contributed by atoms with E-state index in [1.807, 2.05) is 31.2 Å². The highest BCUT2D eigenvalue weighted by atomic mass is 16.5. The summed E-state index contributed by atoms with van der Waals surface area (Å²) in [6.07, 6.45) is 1.87. The summed E-state index contributed by atoms with van der Waals surface area (Å²) in [5.74, 6) is -2.67. The first kappa shape index (κ1) is 14.2. The number of aryl methyl sites for hydroxylation is 2. The summed E-state index contributed by atoms with van der Waals surface area (Å²) in [6, 6.07) is 7.80. The van der Waals surface area contributed by atoms with Gasteiger partial charge in [-0.2, -0.15) is 0 Å². The molecule has 0 radical (unpaired) electrons. The van der Waals surface area contributed by atoms with Crippen molar-refractivity contribution in [2.75, 3.05) is 0 Å². The molecule has 1 heterocycles. The molecule has 0 spiro atoms. The number of esters is 1. The summed E-state index contributed by atoms with van der Waals surface area (Å²) in [7, 11) is 0. The van der Waals surface area contributed by atoms with Crippen molar-refractivity contribution < 1.29 is 19.1 Å². The van der Waals surface area contributed by atoms with Crippen molar-refractivity contribution in [2.24, 2.45) is 5.92 Å². The Hall–Kier alpha value is -2.23. The van der Waals surface area contributed by atoms with Crippen LogP contribution in [0.2, 0.25) is 0 Å². The predicted octanol–water partition coefficient (Wildman–Crippen LogP) is 2.14. The number of carbonyl (C=O) groups is 3. The summed E-state index contributed by atoms with van der Waals surface area (Å²) in [6.45, 7) is 3.50. The highest BCUT2D eigenvalue weighted by Gasteiger charge is 2.36. The number of ketones is 2. The molecular formula is C16H16O4. The van der Waals surface area contributed by atoms with E-state index in [2.05, 4.69) is 0 Å². The quantitative estimate of drug-likeness (QED) is 0.622. The van der Waals surface area contributed by atoms with Crippen LogP contribution >= 0.6 is 0 Å². The first-order chi connectivity index (χ1) is 9.47. The molecule has 2 rings (SSSR count). The van der Waals surface area contributed by atoms with Gasteiger partial charge in [-0.3, -0.25) is 14.4 Å². The minimum absolute atomic E-state index is 0.154. The van der Waals surface area contributed by atoms with Crippen LogP contribution in [0.1, 0.15) is 24.5 Å². The first-order valence-electron chi connectivity index (χ1n) is 6.49. The van der Waals surface area contributed by atoms with Gasteiger partial charge in [-0.05, 0) is 25.8 Å². The number of allylic oxidation sites excluding steroid dienone is 2. The normalized spacial score (nSPS) is 18.5. The molecule has 0 N–H and O–H groups in total. The third-order valence-electron chi connectivity index (χ3n) is 3.23. The fraction of sp³-hybridized carbons (Fsp3) is 0.312. The maximum atomic E-state index is 12.0. The molecule has 1 aromatic carbocycles. The average molecular weight is 272 g/mol. The molecule has 0 aliphatic carbocycles. The number of cyclic esters (lactones) is 1. The average Bonchev–Trinajstić information content (AvgIpc) is 2.37. The van der Waals surface area contributed by atoms with E-state index in [0.29, 0.717) is 6.42 Å². The SMILES string of the molecule is CC1=CC(=O)C(C(=O)CCc2ccc(C)cc2)C(=O)O1. The fourth-order valence-electron chi connectivity index (χ4n) is 2.10. The molecule has 4 nitrogen and oxygen atoms in total. The number of carbonyl (C=O) groups excluding carboxylic acids is 3. The molecular weight excluding hydrogens is 256 g/mol. The molecule has 0 saturated heterocycles. The smallest absolute Gasteiger partial charge is 0.329 e. The van der Waals surface area contributed by atoms with Crippen LogP contribution in [0.25, 0.3) is 0 Å². The van der Waals surface area contributed by atoms with E-state index in [1.54, 1.807) is 0 Å². The van der Waals surface area contributed by atoms with E-state index in [0.717, 1.165) is 11.1 Å². The van der Waals surface area contributed by atoms with E-state index in [-0.39, 0.29) is 18.0 Å². The largest absolute Gasteiger partial charge is 0.430 e. The van der Waals surface area contributed by atoms with Gasteiger partial charge in [0.05, 0.1) is 0 Å². The number of rotatable bonds is 4. The van der Waals surface area contributed by atoms with Gasteiger partial charge in [-0.15, -0.1) is 0 Å². The number of hydrogen-bond acceptors (Lipinski definition) is 4. The summed E-state index contributed by atoms with van der Waals surface area (Å²) in [5.41, 5.74) is 2.15. The Morgan fingerprint density at radius 1 is 1.15 bits per heavy atom. The second kappa shape index (κ2) is 5.82. The second-order valence-corrected chi connectivity index (χ2v) is 4.96. The number of Topliss-reactive ketones (excluding diaryl/α,β-unsaturated/α-hetero) is 1. The maximum absolute atomic E-state index is 12.0. The molecule has 0 amide bonds. The van der Waals surface area contributed by atoms with Crippen LogP contribution in [0, 0.1) is 12.8 Å². The lowest BCUT2D eigenvalue weighted by molar-refractivity contribution is -0.152. The van der Waals surface area contributed by atoms with Crippen LogP contribution in [-0.2, 0) is 25.5 Å². The van der Waals surface area contributed by atoms with Gasteiger partial charge in [0.2, 0.25) is 0 Å². The molecule has 0 fully saturated rings. The van der Waals surface area contributed by atoms with Crippen molar-refractivity contribution in [3.05, 3.63) is 47.2 Å². The molecule has 20 heavy (non-hydrogen) atoms. The van der Waals surface area contributed by atoms with Crippen molar-refractivity contribution in [3.8, 4) is 0 Å². The van der Waals surface area contributed by atoms with Gasteiger partial charge in [0.1, 0.15) is 5.76 Å². The molecule has 1 aromatic rings. The second-order valence-electron chi connectivity index (χ2n) is 4.96. The predicted molar refractivity (Wildman–Crippen MR) is 72.9 cm³/mol. The summed E-state index contributed by atoms with van der Waals surface area (Å²) >= 11 is 0. The Morgan fingerprint density at radius 2 is 1.80 bits per heavy atom. The van der Waals surface area contributed by atoms with Crippen LogP contribution in [-0.4, -0.2) is 17.5 Å². The fourth-order valence-corrected chi connectivity index (χ4v) is 2.10. The highest BCUT2D eigenvalue weighted by Crippen LogP contribution is 2.18. The Balaban J connectivity index is 2.00. The van der Waals surface area contributed by atoms with E-state index in [4.69, 9.17) is 4.74 Å². The lowest BCUT2D eigenvalue weighted by Gasteiger charge is -2.17. The van der Waals surface area contributed by atoms with Crippen LogP contribution in [0.3, 0.4) is 0 Å². The third-order valence-corrected chi connectivity index (χ3v) is 3.23. The van der Waals surface area contributed by atoms with Crippen LogP contribution in [0.5, 0.6) is 0 Å². The lowest BCUT2D eigenvalue weighted by Crippen LogP contribution is -2.35. The lowest BCUT2D eigenvalue weighted by atomic mass is 9.92. The van der Waals surface area contributed by atoms with Crippen molar-refractivity contribution >= 4 is 17.5 Å². The molecule has 1 aliphatic rings. The zero-order valence-electron chi connectivity index (χ0n) is 11.5. The van der Waals surface area contributed by atoms with Gasteiger partial charge in [0.15, 0.2) is 17.5 Å². The number of ether oxygens (including phenoxy) is 1. The molecule has 1 atom stereocenters. The first-order valence-corrected chi connectivity index (χ1v) is 6.49. The Bertz CT molecular complexity index is 581. The molecule has 1 unspecified atom stereocenters. The molecule has 4 heteroatoms. The number of benzene rings is 1. The third kappa shape index (κ3) is 3.20. The Morgan fingerprint density at radius 3 is 2.40 bits per heavy atom. The van der Waals surface area contributed by atoms with Crippen molar-refractivity contribution in [1.29, 1.82) is 0 Å². The van der Waals surface area contributed by atoms with E-state index < -0.39 is 17.7 Å². The number of hydrogen-bond donors (Lipinski definition) is 0. The van der Waals surface area contributed by atoms with E-state index in [1.165, 1.54) is 13.0 Å². The van der Waals surface area contributed by atoms with Gasteiger partial charge < -0.3 is 4.74 Å². The van der Waals surface area contributed by atoms with Crippen LogP contribution in [0.15, 0.2) is 36.1 Å². The standard InChI is InChI=1S/C16H16O4/c1-10-3-5-12(6-4-10)7-8-13(17)15-14(18)9-11(2)20-16(15)19/h3-6,9,15H,7-8H2,1-2H3. The zero-order valence-corrected chi connectivity index (χ0v) is 11.5. The topological polar surface area (TPSA) is 60.4 Å². The molecule has 104 valence electrons. The van der Waals surface area contributed by atoms with Gasteiger partial charge in [-0.25, -0.2) is 0 Å². The van der Waals surface area contributed by atoms with Crippen LogP contribution in [0.4, 0.5) is 0 Å². The Kier molecular flexibility index (Phi) is 4.13. The molecule has 0 saturated carbocycles. The molecule has 0 aromatic heterocycles. The van der Waals surface area contributed by atoms with Gasteiger partial charge in [0.25, 0.3) is 0 Å². The van der Waals surface area contributed by atoms with Gasteiger partial charge >= 0.3 is 5.97 Å². The van der Waals surface area contributed by atoms with Crippen molar-refractivity contribution in [2.45, 2.75) is 26.7 Å². The van der Waals surface area contributed by atoms with Crippen molar-refractivity contribution in [1.82, 2.24) is 0 Å². The maximum Gasteiger partial charge on any atom is 0.329 e. The van der Waals surface area contributed by atoms with Crippen molar-refractivity contribution in [3.63, 3.8) is 0 Å². The van der Waals surface area contributed by atoms with Crippen LogP contribution < -0.4 is 0 Å². The summed E-state index contributed by atoms with van der Waals surface area (Å²) < 4.78 is 4.84. The monoisotopic (exact) mass is 272 g/mol.